The first-order valence-electron chi connectivity index (χ1n) is 8.14. The highest BCUT2D eigenvalue weighted by molar-refractivity contribution is 6.43. The third-order valence-electron chi connectivity index (χ3n) is 3.83. The average molecular weight is 355 g/mol. The molecule has 0 fully saturated rings. The minimum Gasteiger partial charge on any atom is -0.329 e. The number of carbonyl (C=O) groups excluding carboxylic acids is 2. The molecule has 0 radical (unpaired) electrons. The Labute approximate surface area is 150 Å². The maximum atomic E-state index is 12.1. The fraction of sp³-hybridized carbons (Fsp3) is 0.294. The summed E-state index contributed by atoms with van der Waals surface area (Å²) >= 11 is 0. The molecule has 2 heterocycles. The standard InChI is InChI=1S/C17H21N7O2/c1-22(2)8-9-24-11-18-13-10-12(4-5-14(13)24)19-16(25)17(26)20-15-6-7-23(3)21-15/h4-7,10-11H,8-9H2,1-3H3,(H,19,25)(H,20,21,26). The van der Waals surface area contributed by atoms with Crippen LogP contribution in [0.25, 0.3) is 11.0 Å². The Morgan fingerprint density at radius 3 is 2.62 bits per heavy atom. The summed E-state index contributed by atoms with van der Waals surface area (Å²) in [6, 6.07) is 6.98. The van der Waals surface area contributed by atoms with Crippen molar-refractivity contribution >= 4 is 34.4 Å². The number of carbonyl (C=O) groups is 2. The highest BCUT2D eigenvalue weighted by Gasteiger charge is 2.15. The summed E-state index contributed by atoms with van der Waals surface area (Å²) in [6.07, 6.45) is 3.45. The van der Waals surface area contributed by atoms with Crippen LogP contribution < -0.4 is 10.6 Å². The van der Waals surface area contributed by atoms with Crippen LogP contribution >= 0.6 is 0 Å². The molecule has 9 nitrogen and oxygen atoms in total. The van der Waals surface area contributed by atoms with Gasteiger partial charge in [0.05, 0.1) is 17.4 Å². The Kier molecular flexibility index (Phi) is 4.99. The number of amides is 2. The minimum atomic E-state index is -0.777. The normalized spacial score (nSPS) is 11.1. The highest BCUT2D eigenvalue weighted by atomic mass is 16.2. The van der Waals surface area contributed by atoms with Crippen molar-refractivity contribution in [1.82, 2.24) is 24.2 Å². The number of rotatable bonds is 5. The van der Waals surface area contributed by atoms with Crippen LogP contribution in [0.1, 0.15) is 0 Å². The van der Waals surface area contributed by atoms with Crippen molar-refractivity contribution in [2.45, 2.75) is 6.54 Å². The Bertz CT molecular complexity index is 942. The van der Waals surface area contributed by atoms with Gasteiger partial charge in [0.15, 0.2) is 5.82 Å². The SMILES string of the molecule is CN(C)CCn1cnc2cc(NC(=O)C(=O)Nc3ccn(C)n3)ccc21. The molecule has 0 bridgehead atoms. The summed E-state index contributed by atoms with van der Waals surface area (Å²) in [5.74, 6) is -1.22. The van der Waals surface area contributed by atoms with Gasteiger partial charge in [0.1, 0.15) is 0 Å². The lowest BCUT2D eigenvalue weighted by atomic mass is 10.2. The molecule has 26 heavy (non-hydrogen) atoms. The summed E-state index contributed by atoms with van der Waals surface area (Å²) in [6.45, 7) is 1.72. The number of imidazole rings is 1. The Morgan fingerprint density at radius 2 is 1.92 bits per heavy atom. The van der Waals surface area contributed by atoms with Crippen molar-refractivity contribution in [3.05, 3.63) is 36.8 Å². The zero-order valence-corrected chi connectivity index (χ0v) is 14.9. The van der Waals surface area contributed by atoms with Crippen molar-refractivity contribution < 1.29 is 9.59 Å². The van der Waals surface area contributed by atoms with Gasteiger partial charge in [0.2, 0.25) is 0 Å². The minimum absolute atomic E-state index is 0.322. The maximum Gasteiger partial charge on any atom is 0.315 e. The first-order valence-corrected chi connectivity index (χ1v) is 8.14. The van der Waals surface area contributed by atoms with E-state index in [0.29, 0.717) is 11.5 Å². The maximum absolute atomic E-state index is 12.1. The van der Waals surface area contributed by atoms with Crippen LogP contribution in [0.15, 0.2) is 36.8 Å². The molecule has 0 atom stereocenters. The van der Waals surface area contributed by atoms with E-state index in [2.05, 4.69) is 30.2 Å². The van der Waals surface area contributed by atoms with Crippen LogP contribution in [0, 0.1) is 0 Å². The van der Waals surface area contributed by atoms with Crippen molar-refractivity contribution in [1.29, 1.82) is 0 Å². The van der Waals surface area contributed by atoms with E-state index in [1.54, 1.807) is 37.8 Å². The van der Waals surface area contributed by atoms with Gasteiger partial charge in [-0.2, -0.15) is 5.10 Å². The van der Waals surface area contributed by atoms with Crippen molar-refractivity contribution in [3.8, 4) is 0 Å². The quantitative estimate of drug-likeness (QED) is 0.663. The number of hydrogen-bond donors (Lipinski definition) is 2. The molecule has 136 valence electrons. The molecular weight excluding hydrogens is 334 g/mol. The Hall–Kier alpha value is -3.20. The van der Waals surface area contributed by atoms with Crippen molar-refractivity contribution in [3.63, 3.8) is 0 Å². The first kappa shape index (κ1) is 17.6. The third-order valence-corrected chi connectivity index (χ3v) is 3.83. The number of nitrogens with zero attached hydrogens (tertiary/aromatic N) is 5. The van der Waals surface area contributed by atoms with Crippen LogP contribution in [-0.2, 0) is 23.2 Å². The Morgan fingerprint density at radius 1 is 1.15 bits per heavy atom. The lowest BCUT2D eigenvalue weighted by Crippen LogP contribution is -2.29. The molecule has 2 aromatic heterocycles. The van der Waals surface area contributed by atoms with Crippen molar-refractivity contribution in [2.75, 3.05) is 31.3 Å². The summed E-state index contributed by atoms with van der Waals surface area (Å²) in [5.41, 5.74) is 2.24. The molecule has 9 heteroatoms. The lowest BCUT2D eigenvalue weighted by Gasteiger charge is -2.10. The van der Waals surface area contributed by atoms with E-state index in [1.807, 2.05) is 20.2 Å². The predicted molar refractivity (Wildman–Crippen MR) is 98.8 cm³/mol. The van der Waals surface area contributed by atoms with Gasteiger partial charge in [-0.1, -0.05) is 0 Å². The zero-order chi connectivity index (χ0) is 18.7. The second-order valence-corrected chi connectivity index (χ2v) is 6.23. The number of hydrogen-bond acceptors (Lipinski definition) is 5. The van der Waals surface area contributed by atoms with Gasteiger partial charge in [0, 0.05) is 38.1 Å². The van der Waals surface area contributed by atoms with E-state index in [4.69, 9.17) is 0 Å². The number of likely N-dealkylation sites (N-methyl/N-ethyl adjacent to an activating group) is 1. The largest absolute Gasteiger partial charge is 0.329 e. The van der Waals surface area contributed by atoms with Crippen molar-refractivity contribution in [2.24, 2.45) is 7.05 Å². The number of benzene rings is 1. The second-order valence-electron chi connectivity index (χ2n) is 6.23. The summed E-state index contributed by atoms with van der Waals surface area (Å²) < 4.78 is 3.59. The fourth-order valence-corrected chi connectivity index (χ4v) is 2.47. The van der Waals surface area contributed by atoms with Gasteiger partial charge in [-0.25, -0.2) is 4.98 Å². The van der Waals surface area contributed by atoms with Crippen LogP contribution in [0.2, 0.25) is 0 Å². The van der Waals surface area contributed by atoms with Gasteiger partial charge in [0.25, 0.3) is 0 Å². The zero-order valence-electron chi connectivity index (χ0n) is 14.9. The van der Waals surface area contributed by atoms with E-state index in [9.17, 15) is 9.59 Å². The number of anilines is 2. The van der Waals surface area contributed by atoms with Crippen LogP contribution in [0.5, 0.6) is 0 Å². The summed E-state index contributed by atoms with van der Waals surface area (Å²) in [5, 5.41) is 9.02. The molecule has 0 saturated carbocycles. The third kappa shape index (κ3) is 4.06. The number of fused-ring (bicyclic) bond motifs is 1. The molecule has 3 rings (SSSR count). The van der Waals surface area contributed by atoms with Gasteiger partial charge in [-0.15, -0.1) is 0 Å². The van der Waals surface area contributed by atoms with Crippen LogP contribution in [-0.4, -0.2) is 56.7 Å². The number of aryl methyl sites for hydroxylation is 1. The van der Waals surface area contributed by atoms with Gasteiger partial charge < -0.3 is 20.1 Å². The molecule has 0 aliphatic heterocycles. The van der Waals surface area contributed by atoms with E-state index in [1.165, 1.54) is 4.68 Å². The average Bonchev–Trinajstić information content (AvgIpc) is 3.18. The molecule has 2 N–H and O–H groups in total. The molecule has 0 aliphatic rings. The second kappa shape index (κ2) is 7.36. The van der Waals surface area contributed by atoms with E-state index >= 15 is 0 Å². The summed E-state index contributed by atoms with van der Waals surface area (Å²) in [7, 11) is 5.76. The Balaban J connectivity index is 1.66. The predicted octanol–water partition coefficient (Wildman–Crippen LogP) is 0.909. The molecule has 2 amide bonds. The first-order chi connectivity index (χ1) is 12.4. The van der Waals surface area contributed by atoms with Crippen LogP contribution in [0.3, 0.4) is 0 Å². The number of nitrogens with one attached hydrogen (secondary N) is 2. The monoisotopic (exact) mass is 355 g/mol. The number of aromatic nitrogens is 4. The highest BCUT2D eigenvalue weighted by Crippen LogP contribution is 2.18. The molecule has 0 saturated heterocycles. The van der Waals surface area contributed by atoms with Crippen LogP contribution in [0.4, 0.5) is 11.5 Å². The molecule has 1 aromatic carbocycles. The molecular formula is C17H21N7O2. The fourth-order valence-electron chi connectivity index (χ4n) is 2.47. The smallest absolute Gasteiger partial charge is 0.315 e. The molecule has 3 aromatic rings. The van der Waals surface area contributed by atoms with Gasteiger partial charge in [-0.3, -0.25) is 14.3 Å². The van der Waals surface area contributed by atoms with E-state index in [0.717, 1.165) is 24.1 Å². The molecule has 0 spiro atoms. The van der Waals surface area contributed by atoms with Gasteiger partial charge >= 0.3 is 11.8 Å². The lowest BCUT2D eigenvalue weighted by molar-refractivity contribution is -0.133. The topological polar surface area (TPSA) is 97.1 Å². The van der Waals surface area contributed by atoms with E-state index in [-0.39, 0.29) is 0 Å². The molecule has 0 unspecified atom stereocenters. The van der Waals surface area contributed by atoms with E-state index < -0.39 is 11.8 Å². The summed E-state index contributed by atoms with van der Waals surface area (Å²) in [4.78, 5) is 30.5. The molecule has 0 aliphatic carbocycles. The van der Waals surface area contributed by atoms with Gasteiger partial charge in [-0.05, 0) is 32.3 Å².